The minimum Gasteiger partial charge on any atom is -0.349 e. The summed E-state index contributed by atoms with van der Waals surface area (Å²) in [5.41, 5.74) is 0.948. The lowest BCUT2D eigenvalue weighted by atomic mass is 9.81. The number of fused-ring (bicyclic) bond motifs is 1. The van der Waals surface area contributed by atoms with E-state index in [-0.39, 0.29) is 23.6 Å². The number of hydrogen-bond acceptors (Lipinski definition) is 8. The van der Waals surface area contributed by atoms with Crippen molar-refractivity contribution in [3.05, 3.63) is 40.0 Å². The van der Waals surface area contributed by atoms with Gasteiger partial charge in [0.25, 0.3) is 5.91 Å². The Kier molecular flexibility index (Phi) is 7.94. The van der Waals surface area contributed by atoms with Crippen molar-refractivity contribution in [3.63, 3.8) is 0 Å². The van der Waals surface area contributed by atoms with Crippen LogP contribution >= 0.6 is 11.3 Å². The normalized spacial score (nSPS) is 21.7. The SMILES string of the molecule is CN1CCc2nc(C(=O)N[C@@H]3C[C@@H](C(=O)N(C)C)CC[C@@H]3NC(=O)C(=O)Nc3ccccn3)sc2C1. The lowest BCUT2D eigenvalue weighted by Crippen LogP contribution is -2.57. The van der Waals surface area contributed by atoms with Gasteiger partial charge in [0.05, 0.1) is 11.7 Å². The first kappa shape index (κ1) is 25.7. The van der Waals surface area contributed by atoms with Crippen LogP contribution in [0, 0.1) is 5.92 Å². The van der Waals surface area contributed by atoms with Gasteiger partial charge in [-0.05, 0) is 38.4 Å². The van der Waals surface area contributed by atoms with Gasteiger partial charge in [-0.15, -0.1) is 11.3 Å². The zero-order valence-corrected chi connectivity index (χ0v) is 21.4. The molecule has 3 N–H and O–H groups in total. The average molecular weight is 514 g/mol. The van der Waals surface area contributed by atoms with Crippen LogP contribution in [0.4, 0.5) is 5.82 Å². The number of likely N-dealkylation sites (N-methyl/N-ethyl adjacent to an activating group) is 1. The summed E-state index contributed by atoms with van der Waals surface area (Å²) in [6.45, 7) is 1.65. The van der Waals surface area contributed by atoms with E-state index in [1.165, 1.54) is 22.4 Å². The van der Waals surface area contributed by atoms with E-state index < -0.39 is 23.9 Å². The molecule has 0 radical (unpaired) electrons. The van der Waals surface area contributed by atoms with Gasteiger partial charge in [0, 0.05) is 56.6 Å². The summed E-state index contributed by atoms with van der Waals surface area (Å²) in [4.78, 5) is 64.2. The van der Waals surface area contributed by atoms with Crippen molar-refractivity contribution in [1.29, 1.82) is 0 Å². The van der Waals surface area contributed by atoms with Crippen LogP contribution in [-0.2, 0) is 27.3 Å². The maximum Gasteiger partial charge on any atom is 0.314 e. The molecule has 0 bridgehead atoms. The second kappa shape index (κ2) is 11.1. The van der Waals surface area contributed by atoms with Crippen LogP contribution in [-0.4, -0.2) is 83.2 Å². The third kappa shape index (κ3) is 6.05. The van der Waals surface area contributed by atoms with Crippen molar-refractivity contribution in [2.24, 2.45) is 5.92 Å². The number of nitrogens with zero attached hydrogens (tertiary/aromatic N) is 4. The minimum absolute atomic E-state index is 0.0281. The predicted molar refractivity (Wildman–Crippen MR) is 134 cm³/mol. The first-order valence-corrected chi connectivity index (χ1v) is 12.7. The third-order valence-electron chi connectivity index (χ3n) is 6.50. The van der Waals surface area contributed by atoms with E-state index in [0.717, 1.165) is 30.1 Å². The third-order valence-corrected chi connectivity index (χ3v) is 7.58. The molecule has 2 aliphatic rings. The zero-order chi connectivity index (χ0) is 25.8. The van der Waals surface area contributed by atoms with Gasteiger partial charge in [-0.3, -0.25) is 19.2 Å². The molecule has 3 heterocycles. The number of carbonyl (C=O) groups is 4. The Morgan fingerprint density at radius 1 is 1.08 bits per heavy atom. The molecule has 0 unspecified atom stereocenters. The fraction of sp³-hybridized carbons (Fsp3) is 0.500. The van der Waals surface area contributed by atoms with Gasteiger partial charge in [0.2, 0.25) is 5.91 Å². The maximum atomic E-state index is 13.2. The highest BCUT2D eigenvalue weighted by molar-refractivity contribution is 7.13. The number of anilines is 1. The molecule has 0 saturated heterocycles. The molecule has 1 aliphatic carbocycles. The van der Waals surface area contributed by atoms with E-state index in [1.54, 1.807) is 32.3 Å². The van der Waals surface area contributed by atoms with Gasteiger partial charge in [-0.1, -0.05) is 6.07 Å². The average Bonchev–Trinajstić information content (AvgIpc) is 3.28. The number of rotatable bonds is 5. The maximum absolute atomic E-state index is 13.2. The quantitative estimate of drug-likeness (QED) is 0.499. The molecule has 2 aromatic rings. The monoisotopic (exact) mass is 513 g/mol. The van der Waals surface area contributed by atoms with Crippen molar-refractivity contribution in [1.82, 2.24) is 30.4 Å². The Labute approximate surface area is 213 Å². The topological polar surface area (TPSA) is 137 Å². The highest BCUT2D eigenvalue weighted by Gasteiger charge is 2.37. The van der Waals surface area contributed by atoms with Crippen molar-refractivity contribution in [2.45, 2.75) is 44.3 Å². The fourth-order valence-electron chi connectivity index (χ4n) is 4.59. The van der Waals surface area contributed by atoms with Gasteiger partial charge in [-0.2, -0.15) is 0 Å². The number of carbonyl (C=O) groups excluding carboxylic acids is 4. The Balaban J connectivity index is 1.46. The number of hydrogen-bond donors (Lipinski definition) is 3. The summed E-state index contributed by atoms with van der Waals surface area (Å²) in [5, 5.41) is 8.57. The van der Waals surface area contributed by atoms with Gasteiger partial charge < -0.3 is 25.8 Å². The second-order valence-corrected chi connectivity index (χ2v) is 10.5. The van der Waals surface area contributed by atoms with Crippen molar-refractivity contribution in [2.75, 3.05) is 33.0 Å². The summed E-state index contributed by atoms with van der Waals surface area (Å²) >= 11 is 1.37. The first-order chi connectivity index (χ1) is 17.2. The van der Waals surface area contributed by atoms with E-state index in [2.05, 4.69) is 30.8 Å². The van der Waals surface area contributed by atoms with E-state index in [0.29, 0.717) is 24.3 Å². The van der Waals surface area contributed by atoms with Crippen LogP contribution in [0.15, 0.2) is 24.4 Å². The molecule has 36 heavy (non-hydrogen) atoms. The summed E-state index contributed by atoms with van der Waals surface area (Å²) in [6, 6.07) is 3.94. The molecular formula is C24H31N7O4S. The largest absolute Gasteiger partial charge is 0.349 e. The number of aromatic nitrogens is 2. The second-order valence-electron chi connectivity index (χ2n) is 9.45. The lowest BCUT2D eigenvalue weighted by molar-refractivity contribution is -0.137. The fourth-order valence-corrected chi connectivity index (χ4v) is 5.68. The Hall–Kier alpha value is -3.38. The molecule has 3 atom stereocenters. The molecular weight excluding hydrogens is 482 g/mol. The van der Waals surface area contributed by atoms with E-state index in [1.807, 2.05) is 7.05 Å². The van der Waals surface area contributed by atoms with Gasteiger partial charge in [0.15, 0.2) is 5.01 Å². The summed E-state index contributed by atoms with van der Waals surface area (Å²) < 4.78 is 0. The first-order valence-electron chi connectivity index (χ1n) is 11.9. The predicted octanol–water partition coefficient (Wildman–Crippen LogP) is 0.636. The molecule has 4 rings (SSSR count). The molecule has 11 nitrogen and oxygen atoms in total. The standard InChI is InChI=1S/C24H31N7O4S/c1-30(2)24(35)14-7-8-15(26-20(32)21(33)29-19-6-4-5-10-25-19)17(12-14)27-22(34)23-28-16-9-11-31(3)13-18(16)36-23/h4-6,10,14-15,17H,7-9,11-13H2,1-3H3,(H,26,32)(H,27,34)(H,25,29,33)/t14-,15-,17+/m0/s1. The minimum atomic E-state index is -0.845. The summed E-state index contributed by atoms with van der Waals surface area (Å²) in [7, 11) is 5.43. The van der Waals surface area contributed by atoms with Gasteiger partial charge in [-0.25, -0.2) is 9.97 Å². The van der Waals surface area contributed by atoms with Crippen LogP contribution in [0.5, 0.6) is 0 Å². The summed E-state index contributed by atoms with van der Waals surface area (Å²) in [5.74, 6) is -2.06. The van der Waals surface area contributed by atoms with Crippen molar-refractivity contribution in [3.8, 4) is 0 Å². The van der Waals surface area contributed by atoms with E-state index in [4.69, 9.17) is 0 Å². The van der Waals surface area contributed by atoms with Crippen LogP contribution in [0.2, 0.25) is 0 Å². The van der Waals surface area contributed by atoms with Crippen LogP contribution in [0.1, 0.15) is 39.6 Å². The molecule has 1 aliphatic heterocycles. The smallest absolute Gasteiger partial charge is 0.314 e. The van der Waals surface area contributed by atoms with Crippen molar-refractivity contribution >= 4 is 40.8 Å². The molecule has 4 amide bonds. The Morgan fingerprint density at radius 3 is 2.61 bits per heavy atom. The van der Waals surface area contributed by atoms with Crippen LogP contribution in [0.25, 0.3) is 0 Å². The van der Waals surface area contributed by atoms with Crippen molar-refractivity contribution < 1.29 is 19.2 Å². The van der Waals surface area contributed by atoms with Crippen LogP contribution in [0.3, 0.4) is 0 Å². The molecule has 1 saturated carbocycles. The van der Waals surface area contributed by atoms with Gasteiger partial charge >= 0.3 is 11.8 Å². The Morgan fingerprint density at radius 2 is 1.89 bits per heavy atom. The molecule has 0 spiro atoms. The van der Waals surface area contributed by atoms with E-state index >= 15 is 0 Å². The van der Waals surface area contributed by atoms with Crippen LogP contribution < -0.4 is 16.0 Å². The number of pyridine rings is 1. The number of nitrogens with one attached hydrogen (secondary N) is 3. The molecule has 1 fully saturated rings. The molecule has 0 aromatic carbocycles. The zero-order valence-electron chi connectivity index (χ0n) is 20.6. The lowest BCUT2D eigenvalue weighted by Gasteiger charge is -2.37. The summed E-state index contributed by atoms with van der Waals surface area (Å²) in [6.07, 6.45) is 3.63. The Bertz CT molecular complexity index is 1140. The van der Waals surface area contributed by atoms with E-state index in [9.17, 15) is 19.2 Å². The molecule has 192 valence electrons. The number of thiazole rings is 1. The highest BCUT2D eigenvalue weighted by Crippen LogP contribution is 2.28. The molecule has 2 aromatic heterocycles. The number of amides is 4. The molecule has 12 heteroatoms. The highest BCUT2D eigenvalue weighted by atomic mass is 32.1. The van der Waals surface area contributed by atoms with Gasteiger partial charge in [0.1, 0.15) is 5.82 Å².